The predicted molar refractivity (Wildman–Crippen MR) is 75.5 cm³/mol. The highest BCUT2D eigenvalue weighted by molar-refractivity contribution is 5.74. The Hall–Kier alpha value is -1.30. The van der Waals surface area contributed by atoms with Gasteiger partial charge in [-0.1, -0.05) is 0 Å². The molecule has 2 unspecified atom stereocenters. The number of carbonyl (C=O) groups is 2. The molecular weight excluding hydrogens is 260 g/mol. The third-order valence-corrected chi connectivity index (χ3v) is 3.77. The van der Waals surface area contributed by atoms with Crippen LogP contribution >= 0.6 is 0 Å². The summed E-state index contributed by atoms with van der Waals surface area (Å²) in [5.74, 6) is -0.814. The average molecular weight is 286 g/mol. The summed E-state index contributed by atoms with van der Waals surface area (Å²) in [4.78, 5) is 26.5. The summed E-state index contributed by atoms with van der Waals surface area (Å²) in [5.41, 5.74) is 0. The summed E-state index contributed by atoms with van der Waals surface area (Å²) in [7, 11) is 1.73. The zero-order valence-corrected chi connectivity index (χ0v) is 12.4. The van der Waals surface area contributed by atoms with Crippen LogP contribution in [0.4, 0.5) is 4.79 Å². The number of nitrogens with zero attached hydrogens (tertiary/aromatic N) is 2. The van der Waals surface area contributed by atoms with Crippen molar-refractivity contribution in [2.75, 3.05) is 20.1 Å². The van der Waals surface area contributed by atoms with Crippen molar-refractivity contribution in [1.82, 2.24) is 9.80 Å². The molecule has 0 radical (unpaired) electrons. The molecule has 1 rings (SSSR count). The van der Waals surface area contributed by atoms with Crippen LogP contribution in [0.25, 0.3) is 0 Å². The maximum atomic E-state index is 12.4. The molecule has 6 heteroatoms. The van der Waals surface area contributed by atoms with Gasteiger partial charge in [0.05, 0.1) is 6.10 Å². The molecule has 1 fully saturated rings. The van der Waals surface area contributed by atoms with Crippen LogP contribution < -0.4 is 0 Å². The molecule has 1 heterocycles. The zero-order valence-electron chi connectivity index (χ0n) is 12.4. The second kappa shape index (κ2) is 8.09. The summed E-state index contributed by atoms with van der Waals surface area (Å²) in [6, 6.07) is -0.0258. The van der Waals surface area contributed by atoms with E-state index in [4.69, 9.17) is 5.11 Å². The number of carboxylic acid groups (broad SMARTS) is 1. The van der Waals surface area contributed by atoms with Crippen LogP contribution in [0, 0.1) is 0 Å². The van der Waals surface area contributed by atoms with Crippen molar-refractivity contribution in [2.45, 2.75) is 57.6 Å². The molecule has 1 aliphatic heterocycles. The number of rotatable bonds is 6. The normalized spacial score (nSPS) is 20.6. The van der Waals surface area contributed by atoms with E-state index in [-0.39, 0.29) is 18.5 Å². The van der Waals surface area contributed by atoms with E-state index in [0.29, 0.717) is 25.9 Å². The van der Waals surface area contributed by atoms with Gasteiger partial charge in [0.15, 0.2) is 0 Å². The Labute approximate surface area is 120 Å². The van der Waals surface area contributed by atoms with Crippen LogP contribution in [-0.2, 0) is 4.79 Å². The van der Waals surface area contributed by atoms with Crippen LogP contribution in [0.15, 0.2) is 0 Å². The van der Waals surface area contributed by atoms with Gasteiger partial charge in [-0.25, -0.2) is 4.79 Å². The van der Waals surface area contributed by atoms with Crippen molar-refractivity contribution in [3.63, 3.8) is 0 Å². The van der Waals surface area contributed by atoms with Gasteiger partial charge in [-0.3, -0.25) is 4.79 Å². The average Bonchev–Trinajstić information content (AvgIpc) is 2.41. The maximum absolute atomic E-state index is 12.4. The lowest BCUT2D eigenvalue weighted by Gasteiger charge is -2.38. The van der Waals surface area contributed by atoms with Crippen LogP contribution in [0.3, 0.4) is 0 Å². The quantitative estimate of drug-likeness (QED) is 0.776. The highest BCUT2D eigenvalue weighted by Gasteiger charge is 2.28. The molecule has 0 aromatic carbocycles. The Morgan fingerprint density at radius 2 is 2.10 bits per heavy atom. The highest BCUT2D eigenvalue weighted by atomic mass is 16.4. The van der Waals surface area contributed by atoms with Crippen LogP contribution in [0.2, 0.25) is 0 Å². The van der Waals surface area contributed by atoms with Crippen LogP contribution in [0.5, 0.6) is 0 Å². The first kappa shape index (κ1) is 16.8. The monoisotopic (exact) mass is 286 g/mol. The fourth-order valence-corrected chi connectivity index (χ4v) is 2.54. The Morgan fingerprint density at radius 3 is 2.70 bits per heavy atom. The fourth-order valence-electron chi connectivity index (χ4n) is 2.54. The van der Waals surface area contributed by atoms with Crippen molar-refractivity contribution in [1.29, 1.82) is 0 Å². The number of amides is 2. The smallest absolute Gasteiger partial charge is 0.319 e. The number of aliphatic hydroxyl groups is 1. The minimum atomic E-state index is -0.814. The lowest BCUT2D eigenvalue weighted by molar-refractivity contribution is -0.137. The predicted octanol–water partition coefficient (Wildman–Crippen LogP) is 1.53. The number of carbonyl (C=O) groups excluding carboxylic acids is 1. The molecule has 1 saturated heterocycles. The minimum absolute atomic E-state index is 0.0290. The third-order valence-electron chi connectivity index (χ3n) is 3.77. The first-order chi connectivity index (χ1) is 9.41. The van der Waals surface area contributed by atoms with Crippen LogP contribution in [0.1, 0.15) is 45.4 Å². The molecule has 0 saturated carbocycles. The topological polar surface area (TPSA) is 81.1 Å². The van der Waals surface area contributed by atoms with Gasteiger partial charge >= 0.3 is 12.0 Å². The van der Waals surface area contributed by atoms with Gasteiger partial charge in [0.2, 0.25) is 0 Å². The van der Waals surface area contributed by atoms with Gasteiger partial charge in [-0.05, 0) is 39.0 Å². The van der Waals surface area contributed by atoms with Crippen molar-refractivity contribution >= 4 is 12.0 Å². The van der Waals surface area contributed by atoms with Gasteiger partial charge in [-0.15, -0.1) is 0 Å². The summed E-state index contributed by atoms with van der Waals surface area (Å²) >= 11 is 0. The molecule has 2 N–H and O–H groups in total. The van der Waals surface area contributed by atoms with Crippen molar-refractivity contribution < 1.29 is 19.8 Å². The van der Waals surface area contributed by atoms with Gasteiger partial charge < -0.3 is 20.0 Å². The Bertz CT molecular complexity index is 333. The number of hydrogen-bond acceptors (Lipinski definition) is 3. The first-order valence-corrected chi connectivity index (χ1v) is 7.33. The van der Waals surface area contributed by atoms with E-state index in [0.717, 1.165) is 19.3 Å². The number of aliphatic hydroxyl groups excluding tert-OH is 1. The van der Waals surface area contributed by atoms with E-state index in [2.05, 4.69) is 0 Å². The molecule has 0 bridgehead atoms. The van der Waals surface area contributed by atoms with Crippen molar-refractivity contribution in [2.24, 2.45) is 0 Å². The molecule has 0 aromatic heterocycles. The van der Waals surface area contributed by atoms with E-state index >= 15 is 0 Å². The minimum Gasteiger partial charge on any atom is -0.481 e. The highest BCUT2D eigenvalue weighted by Crippen LogP contribution is 2.22. The molecule has 6 nitrogen and oxygen atoms in total. The number of carboxylic acids is 1. The lowest BCUT2D eigenvalue weighted by atomic mass is 9.98. The van der Waals surface area contributed by atoms with E-state index < -0.39 is 12.1 Å². The molecular formula is C14H26N2O4. The van der Waals surface area contributed by atoms with E-state index in [1.165, 1.54) is 0 Å². The summed E-state index contributed by atoms with van der Waals surface area (Å²) in [5, 5.41) is 18.1. The summed E-state index contributed by atoms with van der Waals surface area (Å²) < 4.78 is 0. The molecule has 116 valence electrons. The molecule has 0 aliphatic carbocycles. The number of piperidine rings is 1. The standard InChI is InChI=1S/C14H26N2O4/c1-11(17)8-10-15(2)14(20)16-9-4-3-5-12(16)6-7-13(18)19/h11-12,17H,3-10H2,1-2H3,(H,18,19). The van der Waals surface area contributed by atoms with Gasteiger partial charge in [0, 0.05) is 32.6 Å². The first-order valence-electron chi connectivity index (χ1n) is 7.33. The second-order valence-corrected chi connectivity index (χ2v) is 5.62. The molecule has 2 amide bonds. The molecule has 0 aromatic rings. The zero-order chi connectivity index (χ0) is 15.1. The summed E-state index contributed by atoms with van der Waals surface area (Å²) in [6.45, 7) is 2.91. The number of aliphatic carboxylic acids is 1. The largest absolute Gasteiger partial charge is 0.481 e. The molecule has 1 aliphatic rings. The molecule has 20 heavy (non-hydrogen) atoms. The van der Waals surface area contributed by atoms with Gasteiger partial charge in [-0.2, -0.15) is 0 Å². The van der Waals surface area contributed by atoms with Gasteiger partial charge in [0.25, 0.3) is 0 Å². The van der Waals surface area contributed by atoms with Crippen molar-refractivity contribution in [3.8, 4) is 0 Å². The number of urea groups is 1. The number of hydrogen-bond donors (Lipinski definition) is 2. The maximum Gasteiger partial charge on any atom is 0.319 e. The van der Waals surface area contributed by atoms with E-state index in [1.54, 1.807) is 23.8 Å². The Balaban J connectivity index is 2.54. The lowest BCUT2D eigenvalue weighted by Crippen LogP contribution is -2.49. The molecule has 2 atom stereocenters. The summed E-state index contributed by atoms with van der Waals surface area (Å²) in [6.07, 6.45) is 3.65. The fraction of sp³-hybridized carbons (Fsp3) is 0.857. The molecule has 0 spiro atoms. The second-order valence-electron chi connectivity index (χ2n) is 5.62. The van der Waals surface area contributed by atoms with E-state index in [9.17, 15) is 14.7 Å². The third kappa shape index (κ3) is 5.36. The van der Waals surface area contributed by atoms with Crippen LogP contribution in [-0.4, -0.2) is 64.3 Å². The SMILES string of the molecule is CC(O)CCN(C)C(=O)N1CCCCC1CCC(=O)O. The Morgan fingerprint density at radius 1 is 1.40 bits per heavy atom. The number of likely N-dealkylation sites (tertiary alicyclic amines) is 1. The van der Waals surface area contributed by atoms with Crippen molar-refractivity contribution in [3.05, 3.63) is 0 Å². The van der Waals surface area contributed by atoms with E-state index in [1.807, 2.05) is 0 Å². The Kier molecular flexibility index (Phi) is 6.78. The van der Waals surface area contributed by atoms with Gasteiger partial charge in [0.1, 0.15) is 0 Å².